The van der Waals surface area contributed by atoms with Crippen LogP contribution >= 0.6 is 0 Å². The van der Waals surface area contributed by atoms with Gasteiger partial charge in [0.05, 0.1) is 7.11 Å². The van der Waals surface area contributed by atoms with Gasteiger partial charge in [-0.2, -0.15) is 0 Å². The first-order chi connectivity index (χ1) is 12.6. The van der Waals surface area contributed by atoms with E-state index in [0.29, 0.717) is 11.3 Å². The number of likely N-dealkylation sites (tertiary alicyclic amines) is 1. The number of amides is 2. The zero-order valence-corrected chi connectivity index (χ0v) is 15.4. The summed E-state index contributed by atoms with van der Waals surface area (Å²) >= 11 is 0. The molecular weight excluding hydrogens is 328 g/mol. The van der Waals surface area contributed by atoms with Gasteiger partial charge < -0.3 is 15.0 Å². The zero-order chi connectivity index (χ0) is 18.1. The molecule has 0 radical (unpaired) electrons. The third kappa shape index (κ3) is 3.31. The fourth-order valence-corrected chi connectivity index (χ4v) is 4.98. The molecule has 5 nitrogen and oxygen atoms in total. The SMILES string of the molecule is COC(=O)NC1CC(C(=O)N2CCC3(CC2)CC(c2ccccc2)C3)C1. The summed E-state index contributed by atoms with van der Waals surface area (Å²) in [5.74, 6) is 1.06. The average molecular weight is 356 g/mol. The van der Waals surface area contributed by atoms with Gasteiger partial charge in [0, 0.05) is 25.0 Å². The third-order valence-corrected chi connectivity index (χ3v) is 6.76. The minimum absolute atomic E-state index is 0.0738. The molecule has 3 fully saturated rings. The van der Waals surface area contributed by atoms with Crippen LogP contribution in [0.25, 0.3) is 0 Å². The third-order valence-electron chi connectivity index (χ3n) is 6.76. The molecule has 3 aliphatic rings. The Kier molecular flexibility index (Phi) is 4.63. The number of nitrogens with zero attached hydrogens (tertiary/aromatic N) is 1. The van der Waals surface area contributed by atoms with E-state index in [9.17, 15) is 9.59 Å². The molecule has 4 rings (SSSR count). The normalized spacial score (nSPS) is 27.3. The van der Waals surface area contributed by atoms with Crippen molar-refractivity contribution in [3.63, 3.8) is 0 Å². The smallest absolute Gasteiger partial charge is 0.407 e. The molecule has 1 N–H and O–H groups in total. The van der Waals surface area contributed by atoms with Crippen molar-refractivity contribution < 1.29 is 14.3 Å². The molecule has 0 atom stereocenters. The molecule has 2 saturated carbocycles. The fourth-order valence-electron chi connectivity index (χ4n) is 4.98. The Bertz CT molecular complexity index is 653. The number of hydrogen-bond donors (Lipinski definition) is 1. The highest BCUT2D eigenvalue weighted by atomic mass is 16.5. The van der Waals surface area contributed by atoms with Crippen LogP contribution in [0.15, 0.2) is 30.3 Å². The van der Waals surface area contributed by atoms with E-state index in [1.165, 1.54) is 25.5 Å². The molecule has 1 aromatic carbocycles. The van der Waals surface area contributed by atoms with Crippen molar-refractivity contribution in [1.29, 1.82) is 0 Å². The lowest BCUT2D eigenvalue weighted by molar-refractivity contribution is -0.142. The number of hydrogen-bond acceptors (Lipinski definition) is 3. The first kappa shape index (κ1) is 17.4. The molecule has 5 heteroatoms. The predicted molar refractivity (Wildman–Crippen MR) is 98.7 cm³/mol. The minimum atomic E-state index is -0.404. The van der Waals surface area contributed by atoms with Crippen LogP contribution in [0.1, 0.15) is 50.0 Å². The molecule has 1 saturated heterocycles. The van der Waals surface area contributed by atoms with Crippen molar-refractivity contribution in [3.8, 4) is 0 Å². The zero-order valence-electron chi connectivity index (χ0n) is 15.4. The van der Waals surface area contributed by atoms with E-state index in [1.807, 2.05) is 0 Å². The first-order valence-electron chi connectivity index (χ1n) is 9.77. The van der Waals surface area contributed by atoms with Gasteiger partial charge in [-0.15, -0.1) is 0 Å². The van der Waals surface area contributed by atoms with Crippen LogP contribution in [0, 0.1) is 11.3 Å². The van der Waals surface area contributed by atoms with Gasteiger partial charge in [-0.1, -0.05) is 30.3 Å². The van der Waals surface area contributed by atoms with Gasteiger partial charge in [-0.3, -0.25) is 4.79 Å². The van der Waals surface area contributed by atoms with E-state index in [2.05, 4.69) is 45.3 Å². The molecule has 2 amide bonds. The molecule has 1 aromatic rings. The highest BCUT2D eigenvalue weighted by Crippen LogP contribution is 2.56. The highest BCUT2D eigenvalue weighted by Gasteiger charge is 2.47. The Balaban J connectivity index is 1.21. The Morgan fingerprint density at radius 2 is 1.77 bits per heavy atom. The molecule has 1 heterocycles. The Labute approximate surface area is 155 Å². The van der Waals surface area contributed by atoms with Gasteiger partial charge in [0.15, 0.2) is 0 Å². The summed E-state index contributed by atoms with van der Waals surface area (Å²) in [5, 5.41) is 2.77. The number of piperidine rings is 1. The van der Waals surface area contributed by atoms with Crippen molar-refractivity contribution >= 4 is 12.0 Å². The lowest BCUT2D eigenvalue weighted by Crippen LogP contribution is -2.53. The second-order valence-electron chi connectivity index (χ2n) is 8.34. The Morgan fingerprint density at radius 3 is 2.38 bits per heavy atom. The summed E-state index contributed by atoms with van der Waals surface area (Å²) < 4.78 is 4.61. The number of nitrogens with one attached hydrogen (secondary N) is 1. The van der Waals surface area contributed by atoms with Gasteiger partial charge in [0.1, 0.15) is 0 Å². The molecule has 0 aromatic heterocycles. The van der Waals surface area contributed by atoms with Crippen LogP contribution in [0.5, 0.6) is 0 Å². The maximum Gasteiger partial charge on any atom is 0.407 e. The Hall–Kier alpha value is -2.04. The van der Waals surface area contributed by atoms with Crippen LogP contribution in [0.2, 0.25) is 0 Å². The lowest BCUT2D eigenvalue weighted by Gasteiger charge is -2.53. The number of rotatable bonds is 3. The van der Waals surface area contributed by atoms with E-state index >= 15 is 0 Å². The second-order valence-corrected chi connectivity index (χ2v) is 8.34. The Morgan fingerprint density at radius 1 is 1.12 bits per heavy atom. The summed E-state index contributed by atoms with van der Waals surface area (Å²) in [6.07, 6.45) is 5.90. The van der Waals surface area contributed by atoms with Crippen LogP contribution in [0.4, 0.5) is 4.79 Å². The number of alkyl carbamates (subject to hydrolysis) is 1. The van der Waals surface area contributed by atoms with Gasteiger partial charge >= 0.3 is 6.09 Å². The highest BCUT2D eigenvalue weighted by molar-refractivity contribution is 5.80. The topological polar surface area (TPSA) is 58.6 Å². The van der Waals surface area contributed by atoms with Crippen molar-refractivity contribution in [1.82, 2.24) is 10.2 Å². The number of benzene rings is 1. The van der Waals surface area contributed by atoms with E-state index in [0.717, 1.165) is 38.8 Å². The summed E-state index contributed by atoms with van der Waals surface area (Å²) in [7, 11) is 1.36. The number of carbonyl (C=O) groups is 2. The standard InChI is InChI=1S/C21H28N2O3/c1-26-20(25)22-18-11-16(12-18)19(24)23-9-7-21(8-10-23)13-17(14-21)15-5-3-2-4-6-15/h2-6,16-18H,7-14H2,1H3,(H,22,25). The average Bonchev–Trinajstić information content (AvgIpc) is 2.62. The summed E-state index contributed by atoms with van der Waals surface area (Å²) in [6, 6.07) is 10.9. The maximum absolute atomic E-state index is 12.7. The summed E-state index contributed by atoms with van der Waals surface area (Å²) in [5.41, 5.74) is 1.93. The molecule has 0 bridgehead atoms. The molecule has 1 spiro atoms. The summed E-state index contributed by atoms with van der Waals surface area (Å²) in [6.45, 7) is 1.79. The number of carbonyl (C=O) groups excluding carboxylic acids is 2. The van der Waals surface area contributed by atoms with Crippen molar-refractivity contribution in [3.05, 3.63) is 35.9 Å². The summed E-state index contributed by atoms with van der Waals surface area (Å²) in [4.78, 5) is 25.9. The largest absolute Gasteiger partial charge is 0.453 e. The maximum atomic E-state index is 12.7. The quantitative estimate of drug-likeness (QED) is 0.904. The molecule has 26 heavy (non-hydrogen) atoms. The van der Waals surface area contributed by atoms with Crippen molar-refractivity contribution in [2.45, 2.75) is 50.5 Å². The van der Waals surface area contributed by atoms with Crippen LogP contribution in [0.3, 0.4) is 0 Å². The first-order valence-corrected chi connectivity index (χ1v) is 9.77. The van der Waals surface area contributed by atoms with Gasteiger partial charge in [0.25, 0.3) is 0 Å². The number of methoxy groups -OCH3 is 1. The van der Waals surface area contributed by atoms with Crippen molar-refractivity contribution in [2.75, 3.05) is 20.2 Å². The molecule has 140 valence electrons. The molecule has 0 unspecified atom stereocenters. The van der Waals surface area contributed by atoms with E-state index in [-0.39, 0.29) is 17.9 Å². The van der Waals surface area contributed by atoms with E-state index in [4.69, 9.17) is 0 Å². The fraction of sp³-hybridized carbons (Fsp3) is 0.619. The van der Waals surface area contributed by atoms with Gasteiger partial charge in [-0.25, -0.2) is 4.79 Å². The molecule has 1 aliphatic heterocycles. The van der Waals surface area contributed by atoms with Crippen LogP contribution in [-0.4, -0.2) is 43.1 Å². The molecular formula is C21H28N2O3. The van der Waals surface area contributed by atoms with E-state index in [1.54, 1.807) is 0 Å². The van der Waals surface area contributed by atoms with Crippen LogP contribution in [-0.2, 0) is 9.53 Å². The predicted octanol–water partition coefficient (Wildman–Crippen LogP) is 3.31. The van der Waals surface area contributed by atoms with Gasteiger partial charge in [-0.05, 0) is 55.4 Å². The van der Waals surface area contributed by atoms with E-state index < -0.39 is 6.09 Å². The minimum Gasteiger partial charge on any atom is -0.453 e. The lowest BCUT2D eigenvalue weighted by atomic mass is 9.56. The monoisotopic (exact) mass is 356 g/mol. The van der Waals surface area contributed by atoms with Crippen molar-refractivity contribution in [2.24, 2.45) is 11.3 Å². The second kappa shape index (κ2) is 6.93. The van der Waals surface area contributed by atoms with Crippen LogP contribution < -0.4 is 5.32 Å². The van der Waals surface area contributed by atoms with Gasteiger partial charge in [0.2, 0.25) is 5.91 Å². The number of ether oxygens (including phenoxy) is 1. The molecule has 2 aliphatic carbocycles.